The maximum Gasteiger partial charge on any atom is 0.0543 e. The third-order valence-corrected chi connectivity index (χ3v) is 13.6. The van der Waals surface area contributed by atoms with Crippen LogP contribution in [0, 0.1) is 0 Å². The summed E-state index contributed by atoms with van der Waals surface area (Å²) in [6, 6.07) is 44.5. The molecule has 0 fully saturated rings. The predicted octanol–water partition coefficient (Wildman–Crippen LogP) is 16.6. The van der Waals surface area contributed by atoms with Crippen LogP contribution in [-0.4, -0.2) is 0 Å². The highest BCUT2D eigenvalue weighted by molar-refractivity contribution is 5.97. The number of fused-ring (bicyclic) bond motifs is 6. The SMILES string of the molecule is CC(C)(C)c1cc2c(c(C(C)(C)C)c1)C(C)(C)c1cc(N(c3ccc(-c4ccccc4)cc3)c3cccc4c3-c3cc(C(C)(C)C)cc(C(C)(C)C)c3C4(C)C)ccc1-2. The molecule has 1 nitrogen and oxygen atoms in total. The van der Waals surface area contributed by atoms with Crippen molar-refractivity contribution >= 4 is 17.1 Å². The van der Waals surface area contributed by atoms with Crippen molar-refractivity contribution in [2.24, 2.45) is 0 Å². The highest BCUT2D eigenvalue weighted by atomic mass is 15.1. The summed E-state index contributed by atoms with van der Waals surface area (Å²) < 4.78 is 0. The van der Waals surface area contributed by atoms with Gasteiger partial charge in [0.25, 0.3) is 0 Å². The number of anilines is 3. The van der Waals surface area contributed by atoms with Crippen LogP contribution in [0.3, 0.4) is 0 Å². The molecule has 0 heterocycles. The molecule has 0 saturated heterocycles. The Morgan fingerprint density at radius 3 is 1.42 bits per heavy atom. The van der Waals surface area contributed by atoms with Crippen LogP contribution in [0.1, 0.15) is 155 Å². The molecule has 0 N–H and O–H groups in total. The second-order valence-electron chi connectivity index (χ2n) is 22.8. The van der Waals surface area contributed by atoms with E-state index in [1.807, 2.05) is 0 Å². The van der Waals surface area contributed by atoms with E-state index in [2.05, 4.69) is 231 Å². The minimum atomic E-state index is -0.182. The fourth-order valence-corrected chi connectivity index (χ4v) is 10.2. The van der Waals surface area contributed by atoms with Crippen LogP contribution in [0.4, 0.5) is 17.1 Å². The van der Waals surface area contributed by atoms with Gasteiger partial charge in [-0.05, 0) is 124 Å². The second-order valence-corrected chi connectivity index (χ2v) is 22.8. The average Bonchev–Trinajstić information content (AvgIpc) is 3.53. The van der Waals surface area contributed by atoms with E-state index in [9.17, 15) is 0 Å². The molecule has 0 amide bonds. The molecule has 0 bridgehead atoms. The number of rotatable bonds is 4. The van der Waals surface area contributed by atoms with E-state index in [0.29, 0.717) is 0 Å². The van der Waals surface area contributed by atoms with Crippen LogP contribution >= 0.6 is 0 Å². The lowest BCUT2D eigenvalue weighted by Gasteiger charge is -2.33. The Bertz CT molecular complexity index is 2600. The van der Waals surface area contributed by atoms with Crippen molar-refractivity contribution in [3.63, 3.8) is 0 Å². The molecule has 0 aromatic heterocycles. The van der Waals surface area contributed by atoms with Gasteiger partial charge in [-0.2, -0.15) is 0 Å². The molecular formula is C58H67N. The van der Waals surface area contributed by atoms with Crippen molar-refractivity contribution in [3.05, 3.63) is 160 Å². The first kappa shape index (κ1) is 40.9. The number of benzene rings is 6. The zero-order valence-electron chi connectivity index (χ0n) is 38.9. The fourth-order valence-electron chi connectivity index (χ4n) is 10.2. The van der Waals surface area contributed by atoms with Gasteiger partial charge < -0.3 is 4.90 Å². The summed E-state index contributed by atoms with van der Waals surface area (Å²) in [6.45, 7) is 38.2. The van der Waals surface area contributed by atoms with Crippen LogP contribution in [-0.2, 0) is 32.5 Å². The van der Waals surface area contributed by atoms with Crippen molar-refractivity contribution in [2.75, 3.05) is 4.90 Å². The summed E-state index contributed by atoms with van der Waals surface area (Å²) in [5.74, 6) is 0. The highest BCUT2D eigenvalue weighted by Gasteiger charge is 2.44. The Morgan fingerprint density at radius 2 is 0.881 bits per heavy atom. The summed E-state index contributed by atoms with van der Waals surface area (Å²) in [6.07, 6.45) is 0. The van der Waals surface area contributed by atoms with Gasteiger partial charge in [0.1, 0.15) is 0 Å². The largest absolute Gasteiger partial charge is 0.310 e. The van der Waals surface area contributed by atoms with Gasteiger partial charge in [-0.3, -0.25) is 0 Å². The fraction of sp³-hybridized carbons (Fsp3) is 0.379. The second kappa shape index (κ2) is 13.3. The van der Waals surface area contributed by atoms with Crippen molar-refractivity contribution in [1.29, 1.82) is 0 Å². The van der Waals surface area contributed by atoms with E-state index in [1.54, 1.807) is 0 Å². The van der Waals surface area contributed by atoms with Gasteiger partial charge in [0.05, 0.1) is 5.69 Å². The predicted molar refractivity (Wildman–Crippen MR) is 256 cm³/mol. The molecule has 304 valence electrons. The Kier molecular flexibility index (Phi) is 9.22. The molecule has 0 saturated carbocycles. The number of nitrogens with zero attached hydrogens (tertiary/aromatic N) is 1. The lowest BCUT2D eigenvalue weighted by Crippen LogP contribution is -2.25. The number of hydrogen-bond acceptors (Lipinski definition) is 1. The van der Waals surface area contributed by atoms with E-state index in [0.717, 1.165) is 5.69 Å². The van der Waals surface area contributed by atoms with Gasteiger partial charge in [0.15, 0.2) is 0 Å². The Hall–Kier alpha value is -4.88. The third kappa shape index (κ3) is 6.68. The Morgan fingerprint density at radius 1 is 0.390 bits per heavy atom. The Balaban J connectivity index is 1.41. The lowest BCUT2D eigenvalue weighted by molar-refractivity contribution is 0.545. The molecule has 8 rings (SSSR count). The summed E-state index contributed by atoms with van der Waals surface area (Å²) in [4.78, 5) is 2.56. The molecule has 2 aliphatic carbocycles. The molecular weight excluding hydrogens is 711 g/mol. The topological polar surface area (TPSA) is 3.24 Å². The van der Waals surface area contributed by atoms with E-state index in [4.69, 9.17) is 0 Å². The molecule has 1 heteroatoms. The summed E-state index contributed by atoms with van der Waals surface area (Å²) in [5.41, 5.74) is 22.6. The van der Waals surface area contributed by atoms with Gasteiger partial charge in [-0.1, -0.05) is 196 Å². The van der Waals surface area contributed by atoms with Crippen molar-refractivity contribution in [3.8, 4) is 33.4 Å². The van der Waals surface area contributed by atoms with Crippen LogP contribution in [0.5, 0.6) is 0 Å². The molecule has 0 unspecified atom stereocenters. The van der Waals surface area contributed by atoms with E-state index in [-0.39, 0.29) is 32.5 Å². The summed E-state index contributed by atoms with van der Waals surface area (Å²) in [5, 5.41) is 0. The molecule has 6 aromatic rings. The van der Waals surface area contributed by atoms with Crippen molar-refractivity contribution in [1.82, 2.24) is 0 Å². The first-order valence-electron chi connectivity index (χ1n) is 21.9. The van der Waals surface area contributed by atoms with Crippen LogP contribution in [0.2, 0.25) is 0 Å². The smallest absolute Gasteiger partial charge is 0.0543 e. The molecule has 0 aliphatic heterocycles. The van der Waals surface area contributed by atoms with Crippen LogP contribution in [0.15, 0.2) is 115 Å². The minimum absolute atomic E-state index is 0.00260. The van der Waals surface area contributed by atoms with Crippen LogP contribution < -0.4 is 4.90 Å². The highest BCUT2D eigenvalue weighted by Crippen LogP contribution is 2.59. The first-order valence-corrected chi connectivity index (χ1v) is 21.9. The van der Waals surface area contributed by atoms with Gasteiger partial charge in [-0.15, -0.1) is 0 Å². The molecule has 2 aliphatic rings. The quantitative estimate of drug-likeness (QED) is 0.172. The molecule has 0 atom stereocenters. The van der Waals surface area contributed by atoms with Gasteiger partial charge in [-0.25, -0.2) is 0 Å². The third-order valence-electron chi connectivity index (χ3n) is 13.6. The standard InChI is InChI=1S/C58H67N/c1-53(2,3)38-31-43-42-30-29-41(35-46(42)58(15,16)51(43)47(33-38)55(7,8)9)59(40-27-25-37(26-28-40)36-21-18-17-19-22-36)49-24-20-23-45-50(49)44-32-39(54(4,5)6)34-48(56(10,11)12)52(44)57(45,13)14/h17-35H,1-16H3. The van der Waals surface area contributed by atoms with Crippen molar-refractivity contribution in [2.45, 2.75) is 143 Å². The summed E-state index contributed by atoms with van der Waals surface area (Å²) in [7, 11) is 0. The maximum absolute atomic E-state index is 2.56. The normalized spacial score (nSPS) is 15.4. The monoisotopic (exact) mass is 778 g/mol. The summed E-state index contributed by atoms with van der Waals surface area (Å²) >= 11 is 0. The van der Waals surface area contributed by atoms with Crippen molar-refractivity contribution < 1.29 is 0 Å². The Labute approximate surface area is 356 Å². The van der Waals surface area contributed by atoms with Gasteiger partial charge in [0, 0.05) is 27.8 Å². The number of hydrogen-bond donors (Lipinski definition) is 0. The van der Waals surface area contributed by atoms with Gasteiger partial charge in [0.2, 0.25) is 0 Å². The maximum atomic E-state index is 2.56. The molecule has 6 aromatic carbocycles. The average molecular weight is 778 g/mol. The zero-order valence-corrected chi connectivity index (χ0v) is 38.9. The first-order chi connectivity index (χ1) is 27.3. The van der Waals surface area contributed by atoms with E-state index in [1.165, 1.54) is 89.3 Å². The minimum Gasteiger partial charge on any atom is -0.310 e. The lowest BCUT2D eigenvalue weighted by atomic mass is 9.71. The molecule has 59 heavy (non-hydrogen) atoms. The van der Waals surface area contributed by atoms with E-state index >= 15 is 0 Å². The van der Waals surface area contributed by atoms with Crippen LogP contribution in [0.25, 0.3) is 33.4 Å². The molecule has 0 spiro atoms. The van der Waals surface area contributed by atoms with E-state index < -0.39 is 0 Å². The van der Waals surface area contributed by atoms with Gasteiger partial charge >= 0.3 is 0 Å². The zero-order chi connectivity index (χ0) is 42.8. The molecule has 0 radical (unpaired) electrons.